The van der Waals surface area contributed by atoms with Crippen LogP contribution >= 0.6 is 46.4 Å². The van der Waals surface area contributed by atoms with Crippen LogP contribution in [-0.4, -0.2) is 18.0 Å². The number of hydrogen-bond acceptors (Lipinski definition) is 3. The molecule has 0 fully saturated rings. The number of benzene rings is 2. The number of hydrazone groups is 1. The Morgan fingerprint density at radius 1 is 0.917 bits per heavy atom. The maximum atomic E-state index is 11.8. The number of nitrogens with one attached hydrogen (secondary N) is 2. The average molecular weight is 405 g/mol. The number of nitrogens with zero attached hydrogens (tertiary/aromatic N) is 1. The molecule has 5 nitrogen and oxygen atoms in total. The third kappa shape index (κ3) is 5.11. The lowest BCUT2D eigenvalue weighted by atomic mass is 10.2. The molecule has 2 aromatic rings. The molecule has 2 rings (SSSR count). The first-order chi connectivity index (χ1) is 11.4. The van der Waals surface area contributed by atoms with Gasteiger partial charge in [-0.3, -0.25) is 9.59 Å². The van der Waals surface area contributed by atoms with Gasteiger partial charge in [-0.25, -0.2) is 5.43 Å². The summed E-state index contributed by atoms with van der Waals surface area (Å²) in [6, 6.07) is 9.30. The van der Waals surface area contributed by atoms with Crippen LogP contribution in [0.5, 0.6) is 0 Å². The van der Waals surface area contributed by atoms with Crippen LogP contribution < -0.4 is 10.7 Å². The van der Waals surface area contributed by atoms with Gasteiger partial charge in [-0.2, -0.15) is 5.10 Å². The van der Waals surface area contributed by atoms with E-state index in [4.69, 9.17) is 46.4 Å². The molecule has 0 saturated heterocycles. The van der Waals surface area contributed by atoms with Gasteiger partial charge in [-0.1, -0.05) is 52.5 Å². The number of amides is 2. The smallest absolute Gasteiger partial charge is 0.318 e. The maximum absolute atomic E-state index is 11.8. The van der Waals surface area contributed by atoms with E-state index in [2.05, 4.69) is 15.8 Å². The lowest BCUT2D eigenvalue weighted by Gasteiger charge is -2.05. The van der Waals surface area contributed by atoms with E-state index >= 15 is 0 Å². The van der Waals surface area contributed by atoms with Crippen molar-refractivity contribution in [3.63, 3.8) is 0 Å². The highest BCUT2D eigenvalue weighted by molar-refractivity contribution is 6.41. The molecule has 0 aliphatic carbocycles. The normalized spacial score (nSPS) is 10.7. The monoisotopic (exact) mass is 403 g/mol. The first kappa shape index (κ1) is 18.5. The van der Waals surface area contributed by atoms with Crippen LogP contribution in [0.1, 0.15) is 5.56 Å². The minimum Gasteiger partial charge on any atom is -0.318 e. The third-order valence-corrected chi connectivity index (χ3v) is 3.78. The van der Waals surface area contributed by atoms with E-state index in [1.807, 2.05) is 0 Å². The summed E-state index contributed by atoms with van der Waals surface area (Å²) in [7, 11) is 0. The van der Waals surface area contributed by atoms with Gasteiger partial charge < -0.3 is 5.32 Å². The Kier molecular flexibility index (Phi) is 6.45. The highest BCUT2D eigenvalue weighted by Gasteiger charge is 2.13. The van der Waals surface area contributed by atoms with Gasteiger partial charge in [0.25, 0.3) is 0 Å². The summed E-state index contributed by atoms with van der Waals surface area (Å²) in [5, 5.41) is 7.37. The predicted molar refractivity (Wildman–Crippen MR) is 97.3 cm³/mol. The zero-order chi connectivity index (χ0) is 17.7. The molecule has 0 saturated carbocycles. The molecule has 2 aromatic carbocycles. The standard InChI is InChI=1S/C15H9Cl4N3O2/c16-8-4-9(17)6-10(5-8)21-14(23)15(24)22-20-7-11-12(18)2-1-3-13(11)19/h1-7H,(H,21,23)(H,22,24). The largest absolute Gasteiger partial charge is 0.329 e. The number of rotatable bonds is 3. The summed E-state index contributed by atoms with van der Waals surface area (Å²) >= 11 is 23.5. The molecular weight excluding hydrogens is 396 g/mol. The van der Waals surface area contributed by atoms with Crippen molar-refractivity contribution in [2.24, 2.45) is 5.10 Å². The van der Waals surface area contributed by atoms with Gasteiger partial charge >= 0.3 is 11.8 Å². The van der Waals surface area contributed by atoms with Crippen LogP contribution in [0.15, 0.2) is 41.5 Å². The maximum Gasteiger partial charge on any atom is 0.329 e. The molecule has 2 N–H and O–H groups in total. The van der Waals surface area contributed by atoms with E-state index in [1.54, 1.807) is 18.2 Å². The van der Waals surface area contributed by atoms with E-state index in [9.17, 15) is 9.59 Å². The number of carbonyl (C=O) groups excluding carboxylic acids is 2. The van der Waals surface area contributed by atoms with Gasteiger partial charge in [0.2, 0.25) is 0 Å². The lowest BCUT2D eigenvalue weighted by molar-refractivity contribution is -0.136. The molecular formula is C15H9Cl4N3O2. The van der Waals surface area contributed by atoms with E-state index in [0.717, 1.165) is 0 Å². The third-order valence-electron chi connectivity index (χ3n) is 2.69. The van der Waals surface area contributed by atoms with Crippen LogP contribution in [0.2, 0.25) is 20.1 Å². The van der Waals surface area contributed by atoms with Crippen molar-refractivity contribution in [2.75, 3.05) is 5.32 Å². The van der Waals surface area contributed by atoms with E-state index in [1.165, 1.54) is 24.4 Å². The lowest BCUT2D eigenvalue weighted by Crippen LogP contribution is -2.32. The van der Waals surface area contributed by atoms with Gasteiger partial charge in [0, 0.05) is 21.3 Å². The number of anilines is 1. The first-order valence-electron chi connectivity index (χ1n) is 6.41. The molecule has 0 aliphatic rings. The summed E-state index contributed by atoms with van der Waals surface area (Å²) in [5.41, 5.74) is 2.77. The fourth-order valence-corrected chi connectivity index (χ4v) is 2.68. The highest BCUT2D eigenvalue weighted by atomic mass is 35.5. The van der Waals surface area contributed by atoms with Crippen molar-refractivity contribution in [3.05, 3.63) is 62.1 Å². The van der Waals surface area contributed by atoms with Gasteiger partial charge in [-0.15, -0.1) is 0 Å². The fraction of sp³-hybridized carbons (Fsp3) is 0. The molecule has 0 atom stereocenters. The molecule has 9 heteroatoms. The zero-order valence-electron chi connectivity index (χ0n) is 11.8. The molecule has 24 heavy (non-hydrogen) atoms. The Hall–Kier alpha value is -1.79. The predicted octanol–water partition coefficient (Wildman–Crippen LogP) is 4.39. The Morgan fingerprint density at radius 2 is 1.50 bits per heavy atom. The van der Waals surface area contributed by atoms with E-state index in [-0.39, 0.29) is 5.69 Å². The summed E-state index contributed by atoms with van der Waals surface area (Å²) in [6.07, 6.45) is 1.24. The molecule has 0 heterocycles. The van der Waals surface area contributed by atoms with Crippen molar-refractivity contribution < 1.29 is 9.59 Å². The topological polar surface area (TPSA) is 70.6 Å². The summed E-state index contributed by atoms with van der Waals surface area (Å²) < 4.78 is 0. The zero-order valence-corrected chi connectivity index (χ0v) is 14.8. The van der Waals surface area contributed by atoms with Crippen LogP contribution in [0, 0.1) is 0 Å². The molecule has 0 unspecified atom stereocenters. The van der Waals surface area contributed by atoms with Gasteiger partial charge in [0.05, 0.1) is 16.3 Å². The molecule has 0 bridgehead atoms. The van der Waals surface area contributed by atoms with Crippen molar-refractivity contribution in [2.45, 2.75) is 0 Å². The summed E-state index contributed by atoms with van der Waals surface area (Å²) in [5.74, 6) is -1.92. The van der Waals surface area contributed by atoms with Crippen molar-refractivity contribution >= 4 is 70.1 Å². The van der Waals surface area contributed by atoms with Crippen LogP contribution in [0.4, 0.5) is 5.69 Å². The van der Waals surface area contributed by atoms with Crippen molar-refractivity contribution in [3.8, 4) is 0 Å². The number of halogens is 4. The Morgan fingerprint density at radius 3 is 2.08 bits per heavy atom. The molecule has 124 valence electrons. The SMILES string of the molecule is O=C(NN=Cc1c(Cl)cccc1Cl)C(=O)Nc1cc(Cl)cc(Cl)c1. The minimum atomic E-state index is -0.981. The van der Waals surface area contributed by atoms with Crippen LogP contribution in [0.3, 0.4) is 0 Å². The minimum absolute atomic E-state index is 0.283. The summed E-state index contributed by atoms with van der Waals surface area (Å²) in [4.78, 5) is 23.5. The second kappa shape index (κ2) is 8.35. The van der Waals surface area contributed by atoms with Gasteiger partial charge in [0.1, 0.15) is 0 Å². The van der Waals surface area contributed by atoms with Gasteiger partial charge in [-0.05, 0) is 30.3 Å². The Labute approximate surface area is 157 Å². The van der Waals surface area contributed by atoms with Crippen molar-refractivity contribution in [1.29, 1.82) is 0 Å². The number of carbonyl (C=O) groups is 2. The fourth-order valence-electron chi connectivity index (χ4n) is 1.65. The second-order valence-corrected chi connectivity index (χ2v) is 6.13. The van der Waals surface area contributed by atoms with Crippen LogP contribution in [0.25, 0.3) is 0 Å². The first-order valence-corrected chi connectivity index (χ1v) is 7.92. The molecule has 0 aromatic heterocycles. The number of hydrogen-bond donors (Lipinski definition) is 2. The van der Waals surface area contributed by atoms with Gasteiger partial charge in [0.15, 0.2) is 0 Å². The molecule has 2 amide bonds. The van der Waals surface area contributed by atoms with E-state index < -0.39 is 11.8 Å². The molecule has 0 radical (unpaired) electrons. The quantitative estimate of drug-likeness (QED) is 0.452. The van der Waals surface area contributed by atoms with E-state index in [0.29, 0.717) is 25.7 Å². The van der Waals surface area contributed by atoms with Crippen LogP contribution in [-0.2, 0) is 9.59 Å². The second-order valence-electron chi connectivity index (χ2n) is 4.45. The average Bonchev–Trinajstić information content (AvgIpc) is 2.49. The summed E-state index contributed by atoms with van der Waals surface area (Å²) in [6.45, 7) is 0. The molecule has 0 spiro atoms. The Bertz CT molecular complexity index is 784. The van der Waals surface area contributed by atoms with Crippen molar-refractivity contribution in [1.82, 2.24) is 5.43 Å². The Balaban J connectivity index is 1.99. The molecule has 0 aliphatic heterocycles. The highest BCUT2D eigenvalue weighted by Crippen LogP contribution is 2.23.